The molecule has 0 heterocycles. The Bertz CT molecular complexity index is 500. The summed E-state index contributed by atoms with van der Waals surface area (Å²) in [4.78, 5) is 21.0. The number of carboxylic acids is 1. The summed E-state index contributed by atoms with van der Waals surface area (Å²) in [6.07, 6.45) is 0.961. The summed E-state index contributed by atoms with van der Waals surface area (Å²) in [5.41, 5.74) is -0.600. The van der Waals surface area contributed by atoms with Crippen molar-refractivity contribution in [3.8, 4) is 0 Å². The van der Waals surface area contributed by atoms with Crippen molar-refractivity contribution >= 4 is 17.6 Å². The van der Waals surface area contributed by atoms with E-state index in [1.807, 2.05) is 5.32 Å². The molecule has 0 unspecified atom stereocenters. The maximum atomic E-state index is 13.0. The van der Waals surface area contributed by atoms with E-state index in [0.29, 0.717) is 18.2 Å². The first-order valence-electron chi connectivity index (χ1n) is 4.25. The van der Waals surface area contributed by atoms with Gasteiger partial charge in [-0.25, -0.2) is 13.2 Å². The largest absolute Gasteiger partial charge is 0.545 e. The molecule has 0 saturated heterocycles. The number of amides is 1. The standard InChI is InChI=1S/C10H6F3NO3/c11-5-1-2-6(10(13)9(5)12)14-7(15)3-4-8(16)17/h1-4H,(H,14,15)(H,16,17)/p-1. The molecule has 1 amide bonds. The molecule has 1 rings (SSSR count). The fourth-order valence-electron chi connectivity index (χ4n) is 0.941. The molecular weight excluding hydrogens is 239 g/mol. The molecule has 0 aromatic heterocycles. The molecule has 1 N–H and O–H groups in total. The second-order valence-electron chi connectivity index (χ2n) is 2.86. The average Bonchev–Trinajstić information content (AvgIpc) is 2.27. The fourth-order valence-corrected chi connectivity index (χ4v) is 0.941. The van der Waals surface area contributed by atoms with Crippen molar-refractivity contribution < 1.29 is 27.9 Å². The number of nitrogens with one attached hydrogen (secondary N) is 1. The van der Waals surface area contributed by atoms with E-state index >= 15 is 0 Å². The van der Waals surface area contributed by atoms with Gasteiger partial charge in [0.15, 0.2) is 17.5 Å². The number of carbonyl (C=O) groups is 2. The van der Waals surface area contributed by atoms with E-state index in [0.717, 1.165) is 6.07 Å². The minimum absolute atomic E-state index is 0.410. The van der Waals surface area contributed by atoms with Gasteiger partial charge in [-0.05, 0) is 18.2 Å². The minimum Gasteiger partial charge on any atom is -0.545 e. The molecule has 4 nitrogen and oxygen atoms in total. The van der Waals surface area contributed by atoms with Crippen LogP contribution in [0.15, 0.2) is 24.3 Å². The van der Waals surface area contributed by atoms with Gasteiger partial charge in [-0.15, -0.1) is 0 Å². The van der Waals surface area contributed by atoms with Crippen LogP contribution >= 0.6 is 0 Å². The zero-order chi connectivity index (χ0) is 13.0. The molecule has 0 aliphatic rings. The maximum Gasteiger partial charge on any atom is 0.248 e. The van der Waals surface area contributed by atoms with Crippen LogP contribution in [-0.4, -0.2) is 11.9 Å². The van der Waals surface area contributed by atoms with E-state index in [4.69, 9.17) is 0 Å². The van der Waals surface area contributed by atoms with E-state index in [-0.39, 0.29) is 0 Å². The molecule has 17 heavy (non-hydrogen) atoms. The van der Waals surface area contributed by atoms with Crippen LogP contribution in [0, 0.1) is 17.5 Å². The highest BCUT2D eigenvalue weighted by atomic mass is 19.2. The number of rotatable bonds is 3. The molecule has 90 valence electrons. The lowest BCUT2D eigenvalue weighted by atomic mass is 10.2. The first-order chi connectivity index (χ1) is 7.91. The Morgan fingerprint density at radius 3 is 2.35 bits per heavy atom. The molecule has 0 aliphatic carbocycles. The van der Waals surface area contributed by atoms with Gasteiger partial charge < -0.3 is 15.2 Å². The van der Waals surface area contributed by atoms with Gasteiger partial charge in [0, 0.05) is 6.08 Å². The van der Waals surface area contributed by atoms with Gasteiger partial charge in [-0.2, -0.15) is 0 Å². The lowest BCUT2D eigenvalue weighted by Crippen LogP contribution is -2.20. The average molecular weight is 244 g/mol. The zero-order valence-electron chi connectivity index (χ0n) is 8.17. The van der Waals surface area contributed by atoms with Crippen LogP contribution in [0.2, 0.25) is 0 Å². The van der Waals surface area contributed by atoms with Crippen LogP contribution in [0.25, 0.3) is 0 Å². The highest BCUT2D eigenvalue weighted by molar-refractivity contribution is 6.02. The van der Waals surface area contributed by atoms with Crippen LogP contribution < -0.4 is 10.4 Å². The first kappa shape index (κ1) is 12.8. The van der Waals surface area contributed by atoms with Crippen LogP contribution in [0.5, 0.6) is 0 Å². The van der Waals surface area contributed by atoms with Gasteiger partial charge >= 0.3 is 0 Å². The Morgan fingerprint density at radius 1 is 1.12 bits per heavy atom. The van der Waals surface area contributed by atoms with Crippen LogP contribution in [0.4, 0.5) is 18.9 Å². The Balaban J connectivity index is 2.86. The minimum atomic E-state index is -1.73. The highest BCUT2D eigenvalue weighted by Gasteiger charge is 2.14. The van der Waals surface area contributed by atoms with Crippen molar-refractivity contribution in [3.05, 3.63) is 41.7 Å². The predicted octanol–water partition coefficient (Wildman–Crippen LogP) is 0.348. The summed E-state index contributed by atoms with van der Waals surface area (Å²) in [6.45, 7) is 0. The van der Waals surface area contributed by atoms with Crippen molar-refractivity contribution in [3.63, 3.8) is 0 Å². The Labute approximate surface area is 93.4 Å². The second kappa shape index (κ2) is 5.15. The Kier molecular flexibility index (Phi) is 3.86. The molecule has 0 bridgehead atoms. The highest BCUT2D eigenvalue weighted by Crippen LogP contribution is 2.19. The quantitative estimate of drug-likeness (QED) is 0.616. The maximum absolute atomic E-state index is 13.0. The number of aliphatic carboxylic acids is 1. The van der Waals surface area contributed by atoms with Gasteiger partial charge in [0.05, 0.1) is 11.7 Å². The zero-order valence-corrected chi connectivity index (χ0v) is 8.17. The molecular formula is C10H5F3NO3-. The lowest BCUT2D eigenvalue weighted by Gasteiger charge is -2.04. The van der Waals surface area contributed by atoms with Crippen LogP contribution in [0.1, 0.15) is 0 Å². The van der Waals surface area contributed by atoms with Gasteiger partial charge in [-0.3, -0.25) is 4.79 Å². The van der Waals surface area contributed by atoms with Gasteiger partial charge in [-0.1, -0.05) is 0 Å². The topological polar surface area (TPSA) is 69.2 Å². The summed E-state index contributed by atoms with van der Waals surface area (Å²) in [5, 5.41) is 11.8. The molecule has 0 spiro atoms. The van der Waals surface area contributed by atoms with Crippen molar-refractivity contribution in [2.24, 2.45) is 0 Å². The number of benzene rings is 1. The lowest BCUT2D eigenvalue weighted by molar-refractivity contribution is -0.297. The summed E-state index contributed by atoms with van der Waals surface area (Å²) < 4.78 is 38.3. The third-order valence-electron chi connectivity index (χ3n) is 1.66. The number of carboxylic acid groups (broad SMARTS) is 1. The number of anilines is 1. The summed E-state index contributed by atoms with van der Waals surface area (Å²) in [5.74, 6) is -7.33. The fraction of sp³-hybridized carbons (Fsp3) is 0. The van der Waals surface area contributed by atoms with Crippen molar-refractivity contribution in [2.75, 3.05) is 5.32 Å². The predicted molar refractivity (Wildman–Crippen MR) is 49.1 cm³/mol. The third-order valence-corrected chi connectivity index (χ3v) is 1.66. The second-order valence-corrected chi connectivity index (χ2v) is 2.86. The number of hydrogen-bond donors (Lipinski definition) is 1. The normalized spacial score (nSPS) is 10.5. The van der Waals surface area contributed by atoms with Crippen molar-refractivity contribution in [1.82, 2.24) is 0 Å². The molecule has 7 heteroatoms. The van der Waals surface area contributed by atoms with Crippen molar-refractivity contribution in [1.29, 1.82) is 0 Å². The third kappa shape index (κ3) is 3.33. The molecule has 1 aromatic rings. The smallest absolute Gasteiger partial charge is 0.248 e. The number of halogens is 3. The molecule has 0 aliphatic heterocycles. The number of hydrogen-bond acceptors (Lipinski definition) is 3. The van der Waals surface area contributed by atoms with Gasteiger partial charge in [0.2, 0.25) is 5.91 Å². The summed E-state index contributed by atoms with van der Waals surface area (Å²) >= 11 is 0. The van der Waals surface area contributed by atoms with Crippen LogP contribution in [0.3, 0.4) is 0 Å². The molecule has 0 fully saturated rings. The van der Waals surface area contributed by atoms with E-state index < -0.39 is 35.0 Å². The molecule has 0 radical (unpaired) electrons. The van der Waals surface area contributed by atoms with E-state index in [9.17, 15) is 27.9 Å². The van der Waals surface area contributed by atoms with Gasteiger partial charge in [0.1, 0.15) is 0 Å². The SMILES string of the molecule is O=C([O-])C=CC(=O)Nc1ccc(F)c(F)c1F. The monoisotopic (exact) mass is 244 g/mol. The summed E-state index contributed by atoms with van der Waals surface area (Å²) in [6, 6.07) is 1.43. The molecule has 0 atom stereocenters. The Morgan fingerprint density at radius 2 is 1.76 bits per heavy atom. The van der Waals surface area contributed by atoms with Crippen molar-refractivity contribution in [2.45, 2.75) is 0 Å². The van der Waals surface area contributed by atoms with E-state index in [1.54, 1.807) is 0 Å². The molecule has 0 saturated carbocycles. The first-order valence-corrected chi connectivity index (χ1v) is 4.25. The van der Waals surface area contributed by atoms with Crippen LogP contribution in [-0.2, 0) is 9.59 Å². The Hall–Kier alpha value is -2.31. The molecule has 1 aromatic carbocycles. The summed E-state index contributed by atoms with van der Waals surface area (Å²) in [7, 11) is 0. The van der Waals surface area contributed by atoms with E-state index in [2.05, 4.69) is 0 Å². The number of carbonyl (C=O) groups excluding carboxylic acids is 2. The van der Waals surface area contributed by atoms with E-state index in [1.165, 1.54) is 0 Å². The van der Waals surface area contributed by atoms with Gasteiger partial charge in [0.25, 0.3) is 0 Å².